The number of halogens is 3. The molecule has 0 spiro atoms. The number of hydrogen-bond donors (Lipinski definition) is 2. The van der Waals surface area contributed by atoms with Gasteiger partial charge in [-0.3, -0.25) is 0 Å². The monoisotopic (exact) mass is 327 g/mol. The minimum Gasteiger partial charge on any atom is -0.505 e. The van der Waals surface area contributed by atoms with Crippen molar-refractivity contribution in [1.82, 2.24) is 0 Å². The van der Waals surface area contributed by atoms with Crippen molar-refractivity contribution >= 4 is 23.2 Å². The predicted molar refractivity (Wildman–Crippen MR) is 80.7 cm³/mol. The van der Waals surface area contributed by atoms with E-state index in [1.807, 2.05) is 0 Å². The summed E-state index contributed by atoms with van der Waals surface area (Å²) in [4.78, 5) is 0. The molecule has 3 N–H and O–H groups in total. The normalized spacial score (nSPS) is 16.7. The van der Waals surface area contributed by atoms with Crippen LogP contribution in [0.2, 0.25) is 10.0 Å². The molecular formula is C15H12Cl2FNO2. The van der Waals surface area contributed by atoms with Gasteiger partial charge in [-0.25, -0.2) is 4.39 Å². The lowest BCUT2D eigenvalue weighted by molar-refractivity contribution is 0.242. The van der Waals surface area contributed by atoms with E-state index in [-0.39, 0.29) is 12.6 Å². The summed E-state index contributed by atoms with van der Waals surface area (Å²) >= 11 is 12.4. The van der Waals surface area contributed by atoms with E-state index >= 15 is 0 Å². The zero-order valence-electron chi connectivity index (χ0n) is 10.9. The molecule has 1 unspecified atom stereocenters. The van der Waals surface area contributed by atoms with E-state index in [1.54, 1.807) is 18.2 Å². The van der Waals surface area contributed by atoms with Crippen molar-refractivity contribution in [2.75, 3.05) is 6.54 Å². The van der Waals surface area contributed by atoms with Crippen LogP contribution < -0.4 is 10.5 Å². The number of rotatable bonds is 2. The Morgan fingerprint density at radius 1 is 1.33 bits per heavy atom. The quantitative estimate of drug-likeness (QED) is 0.882. The smallest absolute Gasteiger partial charge is 0.165 e. The second kappa shape index (κ2) is 5.37. The first-order valence-electron chi connectivity index (χ1n) is 6.38. The Labute approximate surface area is 131 Å². The molecule has 2 aromatic carbocycles. The van der Waals surface area contributed by atoms with Gasteiger partial charge in [-0.15, -0.1) is 0 Å². The Balaban J connectivity index is 2.26. The van der Waals surface area contributed by atoms with Gasteiger partial charge >= 0.3 is 0 Å². The maximum atomic E-state index is 14.0. The molecule has 0 aliphatic carbocycles. The summed E-state index contributed by atoms with van der Waals surface area (Å²) in [6.07, 6.45) is 0.0533. The summed E-state index contributed by atoms with van der Waals surface area (Å²) in [5.41, 5.74) is 6.90. The number of hydrogen-bond acceptors (Lipinski definition) is 3. The summed E-state index contributed by atoms with van der Waals surface area (Å²) in [6.45, 7) is 0.269. The lowest BCUT2D eigenvalue weighted by Gasteiger charge is -2.14. The molecule has 0 saturated heterocycles. The Morgan fingerprint density at radius 3 is 2.62 bits per heavy atom. The molecule has 1 heterocycles. The first kappa shape index (κ1) is 14.4. The third-order valence-corrected chi connectivity index (χ3v) is 4.14. The number of ether oxygens (including phenoxy) is 1. The fourth-order valence-corrected chi connectivity index (χ4v) is 3.11. The van der Waals surface area contributed by atoms with Crippen molar-refractivity contribution in [1.29, 1.82) is 0 Å². The predicted octanol–water partition coefficient (Wildman–Crippen LogP) is 3.77. The van der Waals surface area contributed by atoms with Crippen molar-refractivity contribution < 1.29 is 14.2 Å². The van der Waals surface area contributed by atoms with Crippen LogP contribution in [0.15, 0.2) is 24.3 Å². The van der Waals surface area contributed by atoms with Crippen LogP contribution in [0.25, 0.3) is 11.1 Å². The van der Waals surface area contributed by atoms with Crippen LogP contribution in [-0.2, 0) is 6.42 Å². The lowest BCUT2D eigenvalue weighted by Crippen LogP contribution is -2.24. The number of benzene rings is 2. The maximum absolute atomic E-state index is 14.0. The Kier molecular flexibility index (Phi) is 3.69. The molecule has 0 saturated carbocycles. The summed E-state index contributed by atoms with van der Waals surface area (Å²) in [6, 6.07) is 6.21. The molecule has 0 bridgehead atoms. The minimum atomic E-state index is -0.735. The first-order chi connectivity index (χ1) is 10.0. The van der Waals surface area contributed by atoms with E-state index in [1.165, 1.54) is 6.07 Å². The van der Waals surface area contributed by atoms with Crippen LogP contribution in [0, 0.1) is 5.82 Å². The van der Waals surface area contributed by atoms with Gasteiger partial charge < -0.3 is 15.6 Å². The SMILES string of the molecule is NCC1Cc2c(O)c(F)cc(-c3c(Cl)cccc3Cl)c2O1. The first-order valence-corrected chi connectivity index (χ1v) is 7.14. The molecular weight excluding hydrogens is 316 g/mol. The van der Waals surface area contributed by atoms with Crippen molar-refractivity contribution in [2.24, 2.45) is 5.73 Å². The van der Waals surface area contributed by atoms with E-state index < -0.39 is 11.6 Å². The maximum Gasteiger partial charge on any atom is 0.165 e. The van der Waals surface area contributed by atoms with Gasteiger partial charge in [-0.05, 0) is 18.2 Å². The van der Waals surface area contributed by atoms with E-state index in [0.717, 1.165) is 0 Å². The lowest BCUT2D eigenvalue weighted by atomic mass is 9.99. The molecule has 0 amide bonds. The third-order valence-electron chi connectivity index (χ3n) is 3.51. The highest BCUT2D eigenvalue weighted by Gasteiger charge is 2.31. The molecule has 0 aromatic heterocycles. The van der Waals surface area contributed by atoms with Gasteiger partial charge in [-0.1, -0.05) is 29.3 Å². The largest absolute Gasteiger partial charge is 0.505 e. The zero-order valence-corrected chi connectivity index (χ0v) is 12.4. The molecule has 0 radical (unpaired) electrons. The van der Waals surface area contributed by atoms with Crippen molar-refractivity contribution in [3.05, 3.63) is 45.7 Å². The molecule has 0 fully saturated rings. The average molecular weight is 328 g/mol. The van der Waals surface area contributed by atoms with Gasteiger partial charge in [0.2, 0.25) is 0 Å². The summed E-state index contributed by atoms with van der Waals surface area (Å²) in [7, 11) is 0. The highest BCUT2D eigenvalue weighted by molar-refractivity contribution is 6.39. The molecule has 3 nitrogen and oxygen atoms in total. The van der Waals surface area contributed by atoms with E-state index in [0.29, 0.717) is 38.9 Å². The highest BCUT2D eigenvalue weighted by Crippen LogP contribution is 2.48. The van der Waals surface area contributed by atoms with Crippen LogP contribution in [0.1, 0.15) is 5.56 Å². The van der Waals surface area contributed by atoms with Gasteiger partial charge in [0.15, 0.2) is 11.6 Å². The van der Waals surface area contributed by atoms with Crippen LogP contribution in [0.5, 0.6) is 11.5 Å². The number of phenols is 1. The molecule has 6 heteroatoms. The Bertz CT molecular complexity index is 701. The Morgan fingerprint density at radius 2 is 2.00 bits per heavy atom. The molecule has 2 aromatic rings. The number of aromatic hydroxyl groups is 1. The van der Waals surface area contributed by atoms with Gasteiger partial charge in [0.25, 0.3) is 0 Å². The number of fused-ring (bicyclic) bond motifs is 1. The van der Waals surface area contributed by atoms with E-state index in [4.69, 9.17) is 33.7 Å². The van der Waals surface area contributed by atoms with Gasteiger partial charge in [0.1, 0.15) is 11.9 Å². The zero-order chi connectivity index (χ0) is 15.1. The second-order valence-electron chi connectivity index (χ2n) is 4.84. The highest BCUT2D eigenvalue weighted by atomic mass is 35.5. The van der Waals surface area contributed by atoms with Crippen LogP contribution >= 0.6 is 23.2 Å². The average Bonchev–Trinajstić information content (AvgIpc) is 2.88. The number of nitrogens with two attached hydrogens (primary N) is 1. The van der Waals surface area contributed by atoms with Crippen molar-refractivity contribution in [3.63, 3.8) is 0 Å². The second-order valence-corrected chi connectivity index (χ2v) is 5.65. The molecule has 21 heavy (non-hydrogen) atoms. The minimum absolute atomic E-state index is 0.269. The van der Waals surface area contributed by atoms with Crippen LogP contribution in [0.4, 0.5) is 4.39 Å². The molecule has 1 aliphatic heterocycles. The summed E-state index contributed by atoms with van der Waals surface area (Å²) in [5, 5.41) is 10.6. The van der Waals surface area contributed by atoms with Gasteiger partial charge in [0.05, 0.1) is 10.0 Å². The fourth-order valence-electron chi connectivity index (χ4n) is 2.51. The standard InChI is InChI=1S/C15H12Cl2FNO2/c16-10-2-1-3-11(17)13(10)8-5-12(18)14(20)9-4-7(6-19)21-15(8)9/h1-3,5,7,20H,4,6,19H2. The molecule has 3 rings (SSSR count). The third kappa shape index (κ3) is 2.33. The topological polar surface area (TPSA) is 55.5 Å². The molecule has 1 atom stereocenters. The van der Waals surface area contributed by atoms with Crippen LogP contribution in [0.3, 0.4) is 0 Å². The molecule has 1 aliphatic rings. The van der Waals surface area contributed by atoms with Crippen molar-refractivity contribution in [3.8, 4) is 22.6 Å². The summed E-state index contributed by atoms with van der Waals surface area (Å²) in [5.74, 6) is -0.756. The van der Waals surface area contributed by atoms with Crippen LogP contribution in [-0.4, -0.2) is 17.8 Å². The molecule has 110 valence electrons. The van der Waals surface area contributed by atoms with E-state index in [9.17, 15) is 9.50 Å². The van der Waals surface area contributed by atoms with Gasteiger partial charge in [-0.2, -0.15) is 0 Å². The van der Waals surface area contributed by atoms with Crippen molar-refractivity contribution in [2.45, 2.75) is 12.5 Å². The van der Waals surface area contributed by atoms with E-state index in [2.05, 4.69) is 0 Å². The fraction of sp³-hybridized carbons (Fsp3) is 0.200. The summed E-state index contributed by atoms with van der Waals surface area (Å²) < 4.78 is 19.7. The van der Waals surface area contributed by atoms with Gasteiger partial charge in [0, 0.05) is 29.7 Å². The Hall–Kier alpha value is -1.49. The number of phenolic OH excluding ortho intramolecular Hbond substituents is 1.